The van der Waals surface area contributed by atoms with E-state index in [9.17, 15) is 18.3 Å². The number of hydrogen-bond acceptors (Lipinski definition) is 6. The van der Waals surface area contributed by atoms with Crippen LogP contribution < -0.4 is 0 Å². The molecule has 2 aromatic carbocycles. The van der Waals surface area contributed by atoms with Gasteiger partial charge in [0.25, 0.3) is 0 Å². The van der Waals surface area contributed by atoms with Crippen molar-refractivity contribution >= 4 is 27.4 Å². The fourth-order valence-corrected chi connectivity index (χ4v) is 6.18. The van der Waals surface area contributed by atoms with Gasteiger partial charge in [-0.25, -0.2) is 13.2 Å². The molecule has 0 unspecified atom stereocenters. The van der Waals surface area contributed by atoms with Gasteiger partial charge in [0, 0.05) is 27.9 Å². The quantitative estimate of drug-likeness (QED) is 0.330. The van der Waals surface area contributed by atoms with Crippen molar-refractivity contribution in [3.05, 3.63) is 88.4 Å². The van der Waals surface area contributed by atoms with Crippen LogP contribution in [-0.4, -0.2) is 29.6 Å². The molecule has 4 aromatic rings. The predicted octanol–water partition coefficient (Wildman–Crippen LogP) is 5.91. The van der Waals surface area contributed by atoms with Crippen molar-refractivity contribution < 1.29 is 22.8 Å². The molecule has 0 amide bonds. The molecule has 0 atom stereocenters. The number of benzene rings is 2. The second kappa shape index (κ2) is 8.94. The molecule has 35 heavy (non-hydrogen) atoms. The molecule has 1 aliphatic carbocycles. The Bertz CT molecular complexity index is 1540. The first-order valence-electron chi connectivity index (χ1n) is 11.0. The van der Waals surface area contributed by atoms with Crippen LogP contribution in [0.3, 0.4) is 0 Å². The van der Waals surface area contributed by atoms with Gasteiger partial charge >= 0.3 is 5.97 Å². The number of rotatable bonds is 7. The molecular formula is C26H21ClN2O5S. The summed E-state index contributed by atoms with van der Waals surface area (Å²) in [5.74, 6) is -0.847. The number of aryl methyl sites for hydroxylation is 1. The SMILES string of the molecule is Cc1oncc1-c1cc(CS(=O)(=O)c2cc(C(=O)O)ccc2C2CC2)c(-c2ccccn2)cc1Cl. The monoisotopic (exact) mass is 508 g/mol. The van der Waals surface area contributed by atoms with Gasteiger partial charge in [0.15, 0.2) is 9.84 Å². The summed E-state index contributed by atoms with van der Waals surface area (Å²) in [5.41, 5.74) is 3.51. The van der Waals surface area contributed by atoms with E-state index >= 15 is 0 Å². The molecule has 0 radical (unpaired) electrons. The number of hydrogen-bond donors (Lipinski definition) is 1. The third-order valence-electron chi connectivity index (χ3n) is 6.13. The molecule has 2 heterocycles. The molecular weight excluding hydrogens is 488 g/mol. The van der Waals surface area contributed by atoms with Crippen LogP contribution in [0.5, 0.6) is 0 Å². The van der Waals surface area contributed by atoms with E-state index in [0.717, 1.165) is 12.8 Å². The minimum Gasteiger partial charge on any atom is -0.478 e. The average Bonchev–Trinajstić information content (AvgIpc) is 3.60. The van der Waals surface area contributed by atoms with Crippen LogP contribution in [0.4, 0.5) is 0 Å². The summed E-state index contributed by atoms with van der Waals surface area (Å²) in [6.07, 6.45) is 4.93. The van der Waals surface area contributed by atoms with E-state index in [1.807, 2.05) is 6.07 Å². The largest absolute Gasteiger partial charge is 0.478 e. The molecule has 7 nitrogen and oxygen atoms in total. The third kappa shape index (κ3) is 4.59. The minimum absolute atomic E-state index is 0.0597. The van der Waals surface area contributed by atoms with Crippen LogP contribution in [0.25, 0.3) is 22.4 Å². The number of carboxylic acids is 1. The zero-order valence-electron chi connectivity index (χ0n) is 18.7. The van der Waals surface area contributed by atoms with Gasteiger partial charge in [0.05, 0.1) is 28.1 Å². The number of aromatic carboxylic acids is 1. The molecule has 2 aromatic heterocycles. The Kier molecular flexibility index (Phi) is 5.94. The fourth-order valence-electron chi connectivity index (χ4n) is 4.21. The maximum atomic E-state index is 13.8. The van der Waals surface area contributed by atoms with Crippen LogP contribution in [-0.2, 0) is 15.6 Å². The molecule has 0 bridgehead atoms. The number of carbonyl (C=O) groups is 1. The number of aromatic nitrogens is 2. The van der Waals surface area contributed by atoms with E-state index in [1.54, 1.807) is 43.5 Å². The molecule has 1 saturated carbocycles. The molecule has 0 aliphatic heterocycles. The highest BCUT2D eigenvalue weighted by Gasteiger charge is 2.32. The van der Waals surface area contributed by atoms with Crippen LogP contribution in [0.2, 0.25) is 5.02 Å². The highest BCUT2D eigenvalue weighted by atomic mass is 35.5. The van der Waals surface area contributed by atoms with E-state index in [1.165, 1.54) is 18.3 Å². The number of pyridine rings is 1. The smallest absolute Gasteiger partial charge is 0.335 e. The van der Waals surface area contributed by atoms with Crippen LogP contribution in [0.15, 0.2) is 70.3 Å². The van der Waals surface area contributed by atoms with Gasteiger partial charge in [-0.3, -0.25) is 4.98 Å². The van der Waals surface area contributed by atoms with Gasteiger partial charge in [-0.1, -0.05) is 28.9 Å². The molecule has 5 rings (SSSR count). The van der Waals surface area contributed by atoms with E-state index in [-0.39, 0.29) is 22.1 Å². The molecule has 1 fully saturated rings. The van der Waals surface area contributed by atoms with Crippen molar-refractivity contribution in [3.8, 4) is 22.4 Å². The molecule has 1 aliphatic rings. The first-order valence-corrected chi connectivity index (χ1v) is 13.0. The van der Waals surface area contributed by atoms with Gasteiger partial charge in [0.2, 0.25) is 0 Å². The van der Waals surface area contributed by atoms with Crippen LogP contribution >= 0.6 is 11.6 Å². The Balaban J connectivity index is 1.67. The second-order valence-electron chi connectivity index (χ2n) is 8.59. The number of carboxylic acid groups (broad SMARTS) is 1. The average molecular weight is 509 g/mol. The lowest BCUT2D eigenvalue weighted by atomic mass is 9.98. The highest BCUT2D eigenvalue weighted by Crippen LogP contribution is 2.44. The molecule has 1 N–H and O–H groups in total. The van der Waals surface area contributed by atoms with Crippen molar-refractivity contribution in [1.29, 1.82) is 0 Å². The standard InChI is InChI=1S/C26H21ClN2O5S/c1-15-22(13-29-34-15)21-10-18(20(12-23(21)27)24-4-2-3-9-28-24)14-35(32,33)25-11-17(26(30)31)7-8-19(25)16-5-6-16/h2-4,7-13,16H,5-6,14H2,1H3,(H,30,31). The van der Waals surface area contributed by atoms with E-state index in [2.05, 4.69) is 10.1 Å². The molecule has 178 valence electrons. The Morgan fingerprint density at radius 1 is 1.11 bits per heavy atom. The van der Waals surface area contributed by atoms with E-state index < -0.39 is 15.8 Å². The van der Waals surface area contributed by atoms with Crippen molar-refractivity contribution in [2.24, 2.45) is 0 Å². The van der Waals surface area contributed by atoms with Gasteiger partial charge < -0.3 is 9.63 Å². The first kappa shape index (κ1) is 23.3. The Morgan fingerprint density at radius 2 is 1.91 bits per heavy atom. The second-order valence-corrected chi connectivity index (χ2v) is 11.0. The highest BCUT2D eigenvalue weighted by molar-refractivity contribution is 7.90. The maximum Gasteiger partial charge on any atom is 0.335 e. The lowest BCUT2D eigenvalue weighted by Gasteiger charge is -2.16. The zero-order valence-corrected chi connectivity index (χ0v) is 20.3. The van der Waals surface area contributed by atoms with Crippen LogP contribution in [0, 0.1) is 6.92 Å². The van der Waals surface area contributed by atoms with Crippen molar-refractivity contribution in [2.45, 2.75) is 36.3 Å². The van der Waals surface area contributed by atoms with Crippen molar-refractivity contribution in [3.63, 3.8) is 0 Å². The Labute approximate surface area is 207 Å². The van der Waals surface area contributed by atoms with Crippen LogP contribution in [0.1, 0.15) is 46.0 Å². The van der Waals surface area contributed by atoms with Gasteiger partial charge in [-0.05, 0) is 73.2 Å². The van der Waals surface area contributed by atoms with Crippen molar-refractivity contribution in [2.75, 3.05) is 0 Å². The van der Waals surface area contributed by atoms with E-state index in [4.69, 9.17) is 16.1 Å². The summed E-state index contributed by atoms with van der Waals surface area (Å²) in [6, 6.07) is 13.2. The Morgan fingerprint density at radius 3 is 2.54 bits per heavy atom. The van der Waals surface area contributed by atoms with Gasteiger partial charge in [-0.15, -0.1) is 0 Å². The summed E-state index contributed by atoms with van der Waals surface area (Å²) in [4.78, 5) is 16.0. The maximum absolute atomic E-state index is 13.8. The van der Waals surface area contributed by atoms with Gasteiger partial charge in [0.1, 0.15) is 5.76 Å². The van der Waals surface area contributed by atoms with E-state index in [0.29, 0.717) is 44.3 Å². The molecule has 0 saturated heterocycles. The Hall–Kier alpha value is -3.49. The van der Waals surface area contributed by atoms with Crippen molar-refractivity contribution in [1.82, 2.24) is 10.1 Å². The lowest BCUT2D eigenvalue weighted by Crippen LogP contribution is -2.11. The summed E-state index contributed by atoms with van der Waals surface area (Å²) in [6.45, 7) is 1.75. The lowest BCUT2D eigenvalue weighted by molar-refractivity contribution is 0.0696. The summed E-state index contributed by atoms with van der Waals surface area (Å²) < 4.78 is 32.8. The molecule has 9 heteroatoms. The fraction of sp³-hybridized carbons (Fsp3) is 0.192. The zero-order chi connectivity index (χ0) is 24.7. The summed E-state index contributed by atoms with van der Waals surface area (Å²) in [7, 11) is -3.92. The number of halogens is 1. The topological polar surface area (TPSA) is 110 Å². The summed E-state index contributed by atoms with van der Waals surface area (Å²) in [5, 5.41) is 13.7. The minimum atomic E-state index is -3.92. The summed E-state index contributed by atoms with van der Waals surface area (Å²) >= 11 is 6.62. The first-order chi connectivity index (χ1) is 16.7. The molecule has 0 spiro atoms. The normalized spacial score (nSPS) is 13.7. The van der Waals surface area contributed by atoms with Gasteiger partial charge in [-0.2, -0.15) is 0 Å². The number of sulfone groups is 1. The number of nitrogens with zero attached hydrogens (tertiary/aromatic N) is 2. The third-order valence-corrected chi connectivity index (χ3v) is 8.16. The predicted molar refractivity (Wildman–Crippen MR) is 131 cm³/mol.